The minimum atomic E-state index is -5.40. The van der Waals surface area contributed by atoms with E-state index in [4.69, 9.17) is 9.11 Å². The van der Waals surface area contributed by atoms with Gasteiger partial charge in [0.15, 0.2) is 0 Å². The third kappa shape index (κ3) is 4.10. The number of benzene rings is 2. The molecule has 2 rings (SSSR count). The van der Waals surface area contributed by atoms with Crippen molar-refractivity contribution in [2.75, 3.05) is 0 Å². The molecular weight excluding hydrogens is 383 g/mol. The predicted molar refractivity (Wildman–Crippen MR) is 74.5 cm³/mol. The Bertz CT molecular complexity index is 1090. The molecule has 0 aliphatic carbocycles. The average Bonchev–Trinajstić information content (AvgIpc) is 2.33. The Labute approximate surface area is 155 Å². The van der Waals surface area contributed by atoms with Crippen molar-refractivity contribution in [3.8, 4) is 0 Å². The van der Waals surface area contributed by atoms with E-state index in [-0.39, 0.29) is 41.8 Å². The van der Waals surface area contributed by atoms with E-state index in [1.165, 1.54) is 18.2 Å². The fraction of sp³-hybridized carbons (Fsp3) is 0. The average molecular weight is 392 g/mol. The van der Waals surface area contributed by atoms with Crippen molar-refractivity contribution in [2.24, 2.45) is 0 Å². The molecule has 0 aromatic heterocycles. The molecule has 0 saturated heterocycles. The molecule has 2 aromatic rings. The predicted octanol–water partition coefficient (Wildman–Crippen LogP) is -2.30. The zero-order chi connectivity index (χ0) is 16.9. The third-order valence-electron chi connectivity index (χ3n) is 2.72. The molecule has 13 heteroatoms. The third-order valence-corrected chi connectivity index (χ3v) is 5.73. The summed E-state index contributed by atoms with van der Waals surface area (Å²) in [6.07, 6.45) is 0. The van der Waals surface area contributed by atoms with Gasteiger partial charge in [0.25, 0.3) is 30.4 Å². The number of hydrogen-bond donors (Lipinski definition) is 3. The first kappa shape index (κ1) is 20.5. The van der Waals surface area contributed by atoms with Gasteiger partial charge in [-0.1, -0.05) is 24.3 Å². The number of rotatable bonds is 3. The van der Waals surface area contributed by atoms with Gasteiger partial charge in [0.2, 0.25) is 0 Å². The van der Waals surface area contributed by atoms with Crippen LogP contribution in [0.2, 0.25) is 0 Å². The van der Waals surface area contributed by atoms with Crippen molar-refractivity contribution in [1.29, 1.82) is 0 Å². The van der Waals surface area contributed by atoms with Crippen molar-refractivity contribution in [2.45, 2.75) is 14.7 Å². The topological polar surface area (TPSA) is 163 Å². The van der Waals surface area contributed by atoms with Crippen LogP contribution in [0.15, 0.2) is 45.0 Å². The van der Waals surface area contributed by atoms with E-state index in [0.717, 1.165) is 6.07 Å². The molecule has 0 bridgehead atoms. The first-order chi connectivity index (χ1) is 9.83. The Morgan fingerprint density at radius 3 is 1.65 bits per heavy atom. The summed E-state index contributed by atoms with van der Waals surface area (Å²) in [5.74, 6) is 0. The van der Waals surface area contributed by atoms with E-state index in [0.29, 0.717) is 6.07 Å². The maximum absolute atomic E-state index is 11.5. The van der Waals surface area contributed by atoms with E-state index < -0.39 is 45.0 Å². The summed E-state index contributed by atoms with van der Waals surface area (Å²) < 4.78 is 96.0. The molecule has 0 fully saturated rings. The molecule has 2 aromatic carbocycles. The molecule has 23 heavy (non-hydrogen) atoms. The van der Waals surface area contributed by atoms with E-state index >= 15 is 0 Å². The zero-order valence-corrected chi connectivity index (χ0v) is 15.9. The zero-order valence-electron chi connectivity index (χ0n) is 12.4. The van der Waals surface area contributed by atoms with Gasteiger partial charge >= 0.3 is 29.6 Å². The first-order valence-corrected chi connectivity index (χ1v) is 9.63. The molecule has 0 aliphatic rings. The van der Waals surface area contributed by atoms with Gasteiger partial charge in [-0.05, 0) is 11.5 Å². The van der Waals surface area contributed by atoms with Crippen molar-refractivity contribution >= 4 is 41.1 Å². The maximum atomic E-state index is 11.5. The van der Waals surface area contributed by atoms with Gasteiger partial charge in [-0.15, -0.1) is 0 Å². The second-order valence-electron chi connectivity index (χ2n) is 4.18. The molecule has 122 valence electrons. The summed E-state index contributed by atoms with van der Waals surface area (Å²) in [4.78, 5) is -4.31. The largest absolute Gasteiger partial charge is 1.00 e. The van der Waals surface area contributed by atoms with E-state index in [2.05, 4.69) is 0 Å². The van der Waals surface area contributed by atoms with Crippen LogP contribution in [0.5, 0.6) is 0 Å². The van der Waals surface area contributed by atoms with Crippen molar-refractivity contribution in [3.05, 3.63) is 30.3 Å². The molecule has 0 unspecified atom stereocenters. The fourth-order valence-electron chi connectivity index (χ4n) is 1.96. The van der Waals surface area contributed by atoms with E-state index in [1.807, 2.05) is 0 Å². The van der Waals surface area contributed by atoms with Crippen LogP contribution in [0.1, 0.15) is 1.43 Å². The Kier molecular flexibility index (Phi) is 5.68. The monoisotopic (exact) mass is 392 g/mol. The number of fused-ring (bicyclic) bond motifs is 1. The normalized spacial score (nSPS) is 12.8. The second kappa shape index (κ2) is 6.38. The summed E-state index contributed by atoms with van der Waals surface area (Å²) >= 11 is 0. The van der Waals surface area contributed by atoms with Gasteiger partial charge in [-0.3, -0.25) is 13.7 Å². The van der Waals surface area contributed by atoms with Crippen molar-refractivity contribution in [3.63, 3.8) is 0 Å². The van der Waals surface area contributed by atoms with Crippen LogP contribution in [-0.4, -0.2) is 38.9 Å². The Hall–Kier alpha value is -0.570. The quantitative estimate of drug-likeness (QED) is 0.385. The fourth-order valence-corrected chi connectivity index (χ4v) is 5.37. The van der Waals surface area contributed by atoms with Gasteiger partial charge in [-0.25, -0.2) is 0 Å². The molecule has 0 spiro atoms. The smallest absolute Gasteiger partial charge is 1.00 e. The van der Waals surface area contributed by atoms with Crippen LogP contribution in [0, 0.1) is 0 Å². The summed E-state index contributed by atoms with van der Waals surface area (Å²) in [6.45, 7) is 0. The van der Waals surface area contributed by atoms with Crippen LogP contribution >= 0.6 is 0 Å². The van der Waals surface area contributed by atoms with Gasteiger partial charge in [-0.2, -0.15) is 25.3 Å². The summed E-state index contributed by atoms with van der Waals surface area (Å²) in [5.41, 5.74) is 0. The van der Waals surface area contributed by atoms with Gasteiger partial charge in [0, 0.05) is 5.39 Å². The minimum Gasteiger partial charge on any atom is -1.00 e. The molecule has 0 atom stereocenters. The van der Waals surface area contributed by atoms with Gasteiger partial charge < -0.3 is 1.43 Å². The van der Waals surface area contributed by atoms with Crippen LogP contribution in [0.3, 0.4) is 0 Å². The molecule has 3 N–H and O–H groups in total. The van der Waals surface area contributed by atoms with E-state index in [9.17, 15) is 29.8 Å². The van der Waals surface area contributed by atoms with Crippen LogP contribution in [0.4, 0.5) is 0 Å². The molecule has 0 amide bonds. The molecule has 0 saturated carbocycles. The minimum absolute atomic E-state index is 0. The molecule has 0 radical (unpaired) electrons. The SMILES string of the molecule is O=S(=O)(O)c1cc2ccccc2c(S(=O)(=O)O)c1S(=O)(=O)O.[H-].[Na+]. The van der Waals surface area contributed by atoms with Crippen LogP contribution < -0.4 is 29.6 Å². The van der Waals surface area contributed by atoms with E-state index in [1.54, 1.807) is 0 Å². The Morgan fingerprint density at radius 2 is 1.22 bits per heavy atom. The van der Waals surface area contributed by atoms with Crippen LogP contribution in [0.25, 0.3) is 10.8 Å². The molecule has 9 nitrogen and oxygen atoms in total. The van der Waals surface area contributed by atoms with Gasteiger partial charge in [0.1, 0.15) is 14.7 Å². The van der Waals surface area contributed by atoms with Crippen LogP contribution in [-0.2, 0) is 30.4 Å². The van der Waals surface area contributed by atoms with Gasteiger partial charge in [0.05, 0.1) is 0 Å². The Morgan fingerprint density at radius 1 is 0.739 bits per heavy atom. The standard InChI is InChI=1S/C10H8O9S3.Na.H/c11-20(12,13)8-5-6-3-1-2-4-7(6)9(21(14,15)16)10(8)22(17,18)19;;/h1-5H,(H,11,12,13)(H,14,15,16)(H,17,18,19);;/q;+1;-1. The maximum Gasteiger partial charge on any atom is 1.00 e. The Balaban J connectivity index is 0.00000264. The summed E-state index contributed by atoms with van der Waals surface area (Å²) in [6, 6.07) is 5.69. The summed E-state index contributed by atoms with van der Waals surface area (Å²) in [7, 11) is -15.8. The van der Waals surface area contributed by atoms with Crippen molar-refractivity contribution < 1.29 is 69.9 Å². The summed E-state index contributed by atoms with van der Waals surface area (Å²) in [5, 5.41) is -0.430. The number of hydrogen-bond acceptors (Lipinski definition) is 6. The molecule has 0 heterocycles. The molecule has 0 aliphatic heterocycles. The second-order valence-corrected chi connectivity index (χ2v) is 8.29. The van der Waals surface area contributed by atoms with Crippen molar-refractivity contribution in [1.82, 2.24) is 0 Å². The first-order valence-electron chi connectivity index (χ1n) is 5.31. The molecular formula is C10H9NaO9S3.